The van der Waals surface area contributed by atoms with Crippen LogP contribution in [0, 0.1) is 0 Å². The molecule has 134 valence electrons. The van der Waals surface area contributed by atoms with Gasteiger partial charge in [0.05, 0.1) is 18.8 Å². The van der Waals surface area contributed by atoms with Crippen LogP contribution in [0.5, 0.6) is 0 Å². The number of aliphatic hydroxyl groups is 2. The van der Waals surface area contributed by atoms with Crippen LogP contribution in [0.2, 0.25) is 0 Å². The minimum atomic E-state index is -0.461. The van der Waals surface area contributed by atoms with Gasteiger partial charge in [0.25, 0.3) is 0 Å². The first-order valence-electron chi connectivity index (χ1n) is 8.97. The minimum Gasteiger partial charge on any atom is -0.394 e. The van der Waals surface area contributed by atoms with E-state index in [2.05, 4.69) is 39.4 Å². The summed E-state index contributed by atoms with van der Waals surface area (Å²) in [6.07, 6.45) is 2.75. The number of aliphatic hydroxyl groups excluding tert-OH is 2. The van der Waals surface area contributed by atoms with E-state index in [-0.39, 0.29) is 12.6 Å². The predicted molar refractivity (Wildman–Crippen MR) is 105 cm³/mol. The van der Waals surface area contributed by atoms with Crippen molar-refractivity contribution in [1.82, 2.24) is 5.32 Å². The van der Waals surface area contributed by atoms with Crippen LogP contribution in [0.25, 0.3) is 0 Å². The molecule has 4 heteroatoms. The summed E-state index contributed by atoms with van der Waals surface area (Å²) in [5.41, 5.74) is 3.23. The van der Waals surface area contributed by atoms with Crippen molar-refractivity contribution in [3.63, 3.8) is 0 Å². The van der Waals surface area contributed by atoms with Crippen molar-refractivity contribution in [2.24, 2.45) is 0 Å². The quantitative estimate of drug-likeness (QED) is 0.687. The van der Waals surface area contributed by atoms with E-state index in [4.69, 9.17) is 0 Å². The lowest BCUT2D eigenvalue weighted by atomic mass is 9.73. The van der Waals surface area contributed by atoms with Gasteiger partial charge in [-0.1, -0.05) is 65.3 Å². The van der Waals surface area contributed by atoms with Crippen molar-refractivity contribution < 1.29 is 10.2 Å². The van der Waals surface area contributed by atoms with Crippen molar-refractivity contribution in [1.29, 1.82) is 0 Å². The maximum Gasteiger partial charge on any atom is 0.0722 e. The van der Waals surface area contributed by atoms with Gasteiger partial charge in [0, 0.05) is 10.0 Å². The molecule has 0 radical (unpaired) electrons. The van der Waals surface area contributed by atoms with Crippen molar-refractivity contribution in [2.75, 3.05) is 6.61 Å². The van der Waals surface area contributed by atoms with Crippen LogP contribution in [0.15, 0.2) is 53.0 Å². The summed E-state index contributed by atoms with van der Waals surface area (Å²) < 4.78 is 1.14. The topological polar surface area (TPSA) is 52.5 Å². The van der Waals surface area contributed by atoms with E-state index in [1.807, 2.05) is 37.3 Å². The Morgan fingerprint density at radius 1 is 1.16 bits per heavy atom. The molecule has 0 spiro atoms. The monoisotopic (exact) mass is 403 g/mol. The molecule has 0 unspecified atom stereocenters. The molecule has 0 heterocycles. The molecule has 0 aliphatic heterocycles. The first-order chi connectivity index (χ1) is 12.1. The molecule has 0 saturated carbocycles. The predicted octanol–water partition coefficient (Wildman–Crippen LogP) is 3.77. The third-order valence-electron chi connectivity index (χ3n) is 5.41. The van der Waals surface area contributed by atoms with E-state index in [0.29, 0.717) is 6.42 Å². The van der Waals surface area contributed by atoms with Gasteiger partial charge in [-0.25, -0.2) is 0 Å². The van der Waals surface area contributed by atoms with Gasteiger partial charge in [0.15, 0.2) is 0 Å². The molecular formula is C21H26BrNO2. The fraction of sp³-hybridized carbons (Fsp3) is 0.429. The van der Waals surface area contributed by atoms with Gasteiger partial charge in [0.2, 0.25) is 0 Å². The number of fused-ring (bicyclic) bond motifs is 1. The normalized spacial score (nSPS) is 22.2. The average Bonchev–Trinajstić information content (AvgIpc) is 2.66. The SMILES string of the molecule is CC[C@@H](O)[C@]1(N[C@H](CO)c2ccccc2)CCc2c(Br)cccc2C1. The highest BCUT2D eigenvalue weighted by molar-refractivity contribution is 9.10. The second-order valence-corrected chi connectivity index (χ2v) is 7.78. The van der Waals surface area contributed by atoms with Crippen LogP contribution in [-0.4, -0.2) is 28.5 Å². The van der Waals surface area contributed by atoms with E-state index < -0.39 is 11.6 Å². The van der Waals surface area contributed by atoms with Crippen LogP contribution in [0.3, 0.4) is 0 Å². The Bertz CT molecular complexity index is 706. The van der Waals surface area contributed by atoms with Crippen molar-refractivity contribution in [3.8, 4) is 0 Å². The Hall–Kier alpha value is -1.20. The largest absolute Gasteiger partial charge is 0.394 e. The zero-order valence-corrected chi connectivity index (χ0v) is 16.2. The molecule has 3 atom stereocenters. The third kappa shape index (κ3) is 3.82. The summed E-state index contributed by atoms with van der Waals surface area (Å²) in [6, 6.07) is 16.1. The molecule has 2 aromatic rings. The number of rotatable bonds is 6. The molecule has 3 nitrogen and oxygen atoms in total. The highest BCUT2D eigenvalue weighted by Crippen LogP contribution is 2.37. The lowest BCUT2D eigenvalue weighted by molar-refractivity contribution is 0.0310. The van der Waals surface area contributed by atoms with Crippen LogP contribution in [0.1, 0.15) is 42.5 Å². The van der Waals surface area contributed by atoms with Crippen LogP contribution < -0.4 is 5.32 Å². The number of hydrogen-bond donors (Lipinski definition) is 3. The smallest absolute Gasteiger partial charge is 0.0722 e. The summed E-state index contributed by atoms with van der Waals surface area (Å²) in [6.45, 7) is 2.02. The highest BCUT2D eigenvalue weighted by atomic mass is 79.9. The zero-order valence-electron chi connectivity index (χ0n) is 14.6. The summed E-state index contributed by atoms with van der Waals surface area (Å²) in [4.78, 5) is 0. The molecule has 1 aliphatic carbocycles. The van der Waals surface area contributed by atoms with Gasteiger partial charge in [-0.2, -0.15) is 0 Å². The maximum atomic E-state index is 10.9. The van der Waals surface area contributed by atoms with Crippen molar-refractivity contribution in [3.05, 3.63) is 69.7 Å². The second-order valence-electron chi connectivity index (χ2n) is 6.92. The molecule has 0 bridgehead atoms. The van der Waals surface area contributed by atoms with Gasteiger partial charge in [0.1, 0.15) is 0 Å². The number of nitrogens with one attached hydrogen (secondary N) is 1. The molecule has 0 amide bonds. The standard InChI is InChI=1S/C21H26BrNO2/c1-2-20(25)21(23-19(14-24)15-7-4-3-5-8-15)12-11-17-16(13-21)9-6-10-18(17)22/h3-10,19-20,23-25H,2,11-14H2,1H3/t19-,20-,21+/m1/s1. The van der Waals surface area contributed by atoms with Gasteiger partial charge in [-0.05, 0) is 48.4 Å². The van der Waals surface area contributed by atoms with E-state index >= 15 is 0 Å². The Morgan fingerprint density at radius 2 is 1.92 bits per heavy atom. The lowest BCUT2D eigenvalue weighted by Crippen LogP contribution is -2.59. The first-order valence-corrected chi connectivity index (χ1v) is 9.76. The molecule has 2 aromatic carbocycles. The van der Waals surface area contributed by atoms with E-state index in [9.17, 15) is 10.2 Å². The summed E-state index contributed by atoms with van der Waals surface area (Å²) >= 11 is 3.65. The summed E-state index contributed by atoms with van der Waals surface area (Å²) in [7, 11) is 0. The number of benzene rings is 2. The lowest BCUT2D eigenvalue weighted by Gasteiger charge is -2.45. The Kier molecular flexibility index (Phi) is 5.95. The van der Waals surface area contributed by atoms with Crippen LogP contribution in [0.4, 0.5) is 0 Å². The van der Waals surface area contributed by atoms with Gasteiger partial charge < -0.3 is 10.2 Å². The van der Waals surface area contributed by atoms with Crippen molar-refractivity contribution in [2.45, 2.75) is 50.3 Å². The molecule has 3 N–H and O–H groups in total. The molecule has 0 aromatic heterocycles. The molecule has 1 aliphatic rings. The summed E-state index contributed by atoms with van der Waals surface area (Å²) in [5.74, 6) is 0. The number of halogens is 1. The molecular weight excluding hydrogens is 378 g/mol. The zero-order chi connectivity index (χ0) is 17.9. The molecule has 25 heavy (non-hydrogen) atoms. The Labute approximate surface area is 158 Å². The number of hydrogen-bond acceptors (Lipinski definition) is 3. The molecule has 3 rings (SSSR count). The molecule has 0 fully saturated rings. The first kappa shape index (κ1) is 18.6. The maximum absolute atomic E-state index is 10.9. The Balaban J connectivity index is 1.92. The fourth-order valence-corrected chi connectivity index (χ4v) is 4.59. The minimum absolute atomic E-state index is 0.00748. The van der Waals surface area contributed by atoms with Crippen molar-refractivity contribution >= 4 is 15.9 Å². The van der Waals surface area contributed by atoms with Crippen LogP contribution in [-0.2, 0) is 12.8 Å². The fourth-order valence-electron chi connectivity index (χ4n) is 3.99. The summed E-state index contributed by atoms with van der Waals surface area (Å²) in [5, 5.41) is 24.5. The van der Waals surface area contributed by atoms with E-state index in [1.165, 1.54) is 11.1 Å². The van der Waals surface area contributed by atoms with Gasteiger partial charge in [-0.15, -0.1) is 0 Å². The Morgan fingerprint density at radius 3 is 2.60 bits per heavy atom. The second kappa shape index (κ2) is 8.00. The van der Waals surface area contributed by atoms with E-state index in [1.54, 1.807) is 0 Å². The average molecular weight is 404 g/mol. The highest BCUT2D eigenvalue weighted by Gasteiger charge is 2.41. The van der Waals surface area contributed by atoms with Gasteiger partial charge >= 0.3 is 0 Å². The third-order valence-corrected chi connectivity index (χ3v) is 6.16. The van der Waals surface area contributed by atoms with Crippen LogP contribution >= 0.6 is 15.9 Å². The van der Waals surface area contributed by atoms with Gasteiger partial charge in [-0.3, -0.25) is 5.32 Å². The van der Waals surface area contributed by atoms with E-state index in [0.717, 1.165) is 29.3 Å². The molecule has 0 saturated heterocycles.